The Hall–Kier alpha value is -2.84. The molecule has 0 bridgehead atoms. The second-order valence-electron chi connectivity index (χ2n) is 7.49. The molecule has 0 unspecified atom stereocenters. The van der Waals surface area contributed by atoms with Gasteiger partial charge < -0.3 is 9.32 Å². The van der Waals surface area contributed by atoms with E-state index in [1.807, 2.05) is 59.7 Å². The molecule has 31 heavy (non-hydrogen) atoms. The molecule has 0 N–H and O–H groups in total. The van der Waals surface area contributed by atoms with E-state index in [1.165, 1.54) is 23.1 Å². The van der Waals surface area contributed by atoms with Crippen LogP contribution in [-0.2, 0) is 4.79 Å². The number of fused-ring (bicyclic) bond motifs is 1. The number of rotatable bonds is 5. The second-order valence-corrected chi connectivity index (χ2v) is 9.29. The number of amides is 1. The van der Waals surface area contributed by atoms with Crippen molar-refractivity contribution in [2.24, 2.45) is 0 Å². The summed E-state index contributed by atoms with van der Waals surface area (Å²) in [5.74, 6) is 1.81. The zero-order chi connectivity index (χ0) is 21.4. The number of carbonyl (C=O) groups excluding carboxylic acids is 1. The Kier molecular flexibility index (Phi) is 5.41. The van der Waals surface area contributed by atoms with Gasteiger partial charge in [-0.2, -0.15) is 0 Å². The zero-order valence-corrected chi connectivity index (χ0v) is 18.7. The monoisotopic (exact) mass is 451 g/mol. The van der Waals surface area contributed by atoms with Crippen LogP contribution in [0.2, 0.25) is 0 Å². The average molecular weight is 452 g/mol. The van der Waals surface area contributed by atoms with Crippen molar-refractivity contribution in [1.29, 1.82) is 0 Å². The highest BCUT2D eigenvalue weighted by molar-refractivity contribution is 7.99. The van der Waals surface area contributed by atoms with Crippen LogP contribution in [0, 0.1) is 6.92 Å². The topological polar surface area (TPSA) is 68.3 Å². The SMILES string of the molecule is Cc1ccc(-c2csc3nc(SCC(=O)N4CCCC4)n(-c4ccccc4)c(=O)c23)o1. The number of likely N-dealkylation sites (tertiary alicyclic amines) is 1. The number of hydrogen-bond donors (Lipinski definition) is 0. The number of aryl methyl sites for hydroxylation is 1. The maximum Gasteiger partial charge on any atom is 0.268 e. The third kappa shape index (κ3) is 3.81. The Bertz CT molecular complexity index is 1300. The lowest BCUT2D eigenvalue weighted by Gasteiger charge is -2.16. The summed E-state index contributed by atoms with van der Waals surface area (Å²) in [6.45, 7) is 3.51. The van der Waals surface area contributed by atoms with E-state index >= 15 is 0 Å². The summed E-state index contributed by atoms with van der Waals surface area (Å²) < 4.78 is 7.39. The molecule has 0 saturated carbocycles. The van der Waals surface area contributed by atoms with E-state index in [-0.39, 0.29) is 17.2 Å². The molecule has 4 heterocycles. The van der Waals surface area contributed by atoms with Crippen molar-refractivity contribution in [3.05, 3.63) is 64.0 Å². The third-order valence-corrected chi connectivity index (χ3v) is 7.18. The quantitative estimate of drug-likeness (QED) is 0.324. The molecule has 1 amide bonds. The molecule has 8 heteroatoms. The van der Waals surface area contributed by atoms with Gasteiger partial charge >= 0.3 is 0 Å². The number of para-hydroxylation sites is 1. The van der Waals surface area contributed by atoms with Crippen molar-refractivity contribution in [2.75, 3.05) is 18.8 Å². The van der Waals surface area contributed by atoms with Crippen molar-refractivity contribution in [3.8, 4) is 17.0 Å². The van der Waals surface area contributed by atoms with Gasteiger partial charge in [-0.15, -0.1) is 11.3 Å². The van der Waals surface area contributed by atoms with Crippen LogP contribution in [0.25, 0.3) is 27.2 Å². The standard InChI is InChI=1S/C23H21N3O3S2/c1-15-9-10-18(29-15)17-13-30-21-20(17)22(28)26(16-7-3-2-4-8-16)23(24-21)31-14-19(27)25-11-5-6-12-25/h2-4,7-10,13H,5-6,11-12,14H2,1H3. The lowest BCUT2D eigenvalue weighted by molar-refractivity contribution is -0.127. The van der Waals surface area contributed by atoms with E-state index in [4.69, 9.17) is 9.40 Å². The smallest absolute Gasteiger partial charge is 0.268 e. The normalized spacial score (nSPS) is 13.9. The molecule has 6 nitrogen and oxygen atoms in total. The van der Waals surface area contributed by atoms with Crippen molar-refractivity contribution < 1.29 is 9.21 Å². The van der Waals surface area contributed by atoms with Gasteiger partial charge in [0.05, 0.1) is 16.8 Å². The average Bonchev–Trinajstić information content (AvgIpc) is 3.53. The van der Waals surface area contributed by atoms with Gasteiger partial charge in [0.1, 0.15) is 16.4 Å². The van der Waals surface area contributed by atoms with E-state index in [2.05, 4.69) is 0 Å². The first-order chi connectivity index (χ1) is 15.1. The van der Waals surface area contributed by atoms with Gasteiger partial charge in [-0.1, -0.05) is 30.0 Å². The molecule has 0 spiro atoms. The molecule has 1 fully saturated rings. The fraction of sp³-hybridized carbons (Fsp3) is 0.261. The lowest BCUT2D eigenvalue weighted by atomic mass is 10.2. The molecule has 0 radical (unpaired) electrons. The molecule has 1 aliphatic heterocycles. The summed E-state index contributed by atoms with van der Waals surface area (Å²) in [6.07, 6.45) is 2.11. The van der Waals surface area contributed by atoms with Crippen LogP contribution >= 0.6 is 23.1 Å². The minimum atomic E-state index is -0.155. The molecule has 0 atom stereocenters. The van der Waals surface area contributed by atoms with Crippen molar-refractivity contribution in [3.63, 3.8) is 0 Å². The predicted octanol–water partition coefficient (Wildman–Crippen LogP) is 4.73. The van der Waals surface area contributed by atoms with E-state index in [0.29, 0.717) is 21.1 Å². The Morgan fingerprint density at radius 2 is 1.94 bits per heavy atom. The van der Waals surface area contributed by atoms with E-state index in [0.717, 1.165) is 42.9 Å². The molecule has 0 aliphatic carbocycles. The minimum Gasteiger partial charge on any atom is -0.461 e. The molecule has 1 aliphatic rings. The van der Waals surface area contributed by atoms with Crippen LogP contribution < -0.4 is 5.56 Å². The van der Waals surface area contributed by atoms with Crippen molar-refractivity contribution >= 4 is 39.2 Å². The Balaban J connectivity index is 1.61. The Morgan fingerprint density at radius 1 is 1.16 bits per heavy atom. The number of hydrogen-bond acceptors (Lipinski definition) is 6. The lowest BCUT2D eigenvalue weighted by Crippen LogP contribution is -2.29. The van der Waals surface area contributed by atoms with Crippen LogP contribution in [0.1, 0.15) is 18.6 Å². The summed E-state index contributed by atoms with van der Waals surface area (Å²) >= 11 is 2.74. The number of thiophene rings is 1. The summed E-state index contributed by atoms with van der Waals surface area (Å²) in [6, 6.07) is 13.2. The van der Waals surface area contributed by atoms with E-state index in [9.17, 15) is 9.59 Å². The highest BCUT2D eigenvalue weighted by Crippen LogP contribution is 2.34. The van der Waals surface area contributed by atoms with Gasteiger partial charge in [0.2, 0.25) is 5.91 Å². The maximum atomic E-state index is 13.7. The highest BCUT2D eigenvalue weighted by Gasteiger charge is 2.22. The molecule has 158 valence electrons. The fourth-order valence-corrected chi connectivity index (χ4v) is 5.70. The molecule has 3 aromatic heterocycles. The first kappa shape index (κ1) is 20.1. The molecular weight excluding hydrogens is 430 g/mol. The molecule has 1 saturated heterocycles. The molecule has 5 rings (SSSR count). The summed E-state index contributed by atoms with van der Waals surface area (Å²) in [5.41, 5.74) is 1.32. The third-order valence-electron chi connectivity index (χ3n) is 5.38. The van der Waals surface area contributed by atoms with Gasteiger partial charge in [0.15, 0.2) is 5.16 Å². The summed E-state index contributed by atoms with van der Waals surface area (Å²) in [5, 5.41) is 2.98. The highest BCUT2D eigenvalue weighted by atomic mass is 32.2. The number of aromatic nitrogens is 2. The first-order valence-electron chi connectivity index (χ1n) is 10.2. The van der Waals surface area contributed by atoms with E-state index in [1.54, 1.807) is 4.57 Å². The van der Waals surface area contributed by atoms with Crippen molar-refractivity contribution in [2.45, 2.75) is 24.9 Å². The van der Waals surface area contributed by atoms with Crippen LogP contribution in [0.3, 0.4) is 0 Å². The molecule has 4 aromatic rings. The number of thioether (sulfide) groups is 1. The van der Waals surface area contributed by atoms with Crippen LogP contribution in [0.4, 0.5) is 0 Å². The van der Waals surface area contributed by atoms with Gasteiger partial charge in [-0.3, -0.25) is 14.2 Å². The van der Waals surface area contributed by atoms with Crippen LogP contribution in [0.5, 0.6) is 0 Å². The first-order valence-corrected chi connectivity index (χ1v) is 12.1. The van der Waals surface area contributed by atoms with E-state index < -0.39 is 0 Å². The second kappa shape index (κ2) is 8.36. The number of nitrogens with zero attached hydrogens (tertiary/aromatic N) is 3. The molecule has 1 aromatic carbocycles. The fourth-order valence-electron chi connectivity index (χ4n) is 3.82. The minimum absolute atomic E-state index is 0.0920. The predicted molar refractivity (Wildman–Crippen MR) is 124 cm³/mol. The Morgan fingerprint density at radius 3 is 2.65 bits per heavy atom. The largest absolute Gasteiger partial charge is 0.461 e. The number of furan rings is 1. The van der Waals surface area contributed by atoms with Gasteiger partial charge in [0.25, 0.3) is 5.56 Å². The maximum absolute atomic E-state index is 13.7. The number of carbonyl (C=O) groups is 1. The molecular formula is C23H21N3O3S2. The number of benzene rings is 1. The summed E-state index contributed by atoms with van der Waals surface area (Å²) in [4.78, 5) is 33.6. The van der Waals surface area contributed by atoms with Crippen LogP contribution in [-0.4, -0.2) is 39.2 Å². The van der Waals surface area contributed by atoms with Crippen molar-refractivity contribution in [1.82, 2.24) is 14.5 Å². The zero-order valence-electron chi connectivity index (χ0n) is 17.0. The Labute approximate surface area is 187 Å². The summed E-state index contributed by atoms with van der Waals surface area (Å²) in [7, 11) is 0. The van der Waals surface area contributed by atoms with Gasteiger partial charge in [-0.05, 0) is 44.0 Å². The van der Waals surface area contributed by atoms with Gasteiger partial charge in [0, 0.05) is 24.0 Å². The van der Waals surface area contributed by atoms with Crippen LogP contribution in [0.15, 0.2) is 62.2 Å². The van der Waals surface area contributed by atoms with Gasteiger partial charge in [-0.25, -0.2) is 4.98 Å².